The van der Waals surface area contributed by atoms with E-state index < -0.39 is 5.69 Å². The third-order valence-electron chi connectivity index (χ3n) is 7.27. The maximum absolute atomic E-state index is 13.1. The molecule has 1 amide bonds. The van der Waals surface area contributed by atoms with E-state index in [2.05, 4.69) is 39.1 Å². The molecule has 0 unspecified atom stereocenters. The number of hydrogen-bond acceptors (Lipinski definition) is 5. The van der Waals surface area contributed by atoms with Gasteiger partial charge in [0.1, 0.15) is 11.4 Å². The third kappa shape index (κ3) is 3.87. The van der Waals surface area contributed by atoms with Crippen LogP contribution in [-0.2, 0) is 0 Å². The van der Waals surface area contributed by atoms with Crippen molar-refractivity contribution in [3.05, 3.63) is 57.8 Å². The van der Waals surface area contributed by atoms with E-state index in [1.807, 2.05) is 4.90 Å². The summed E-state index contributed by atoms with van der Waals surface area (Å²) in [6, 6.07) is 11.1. The van der Waals surface area contributed by atoms with Crippen molar-refractivity contribution in [1.82, 2.24) is 19.8 Å². The van der Waals surface area contributed by atoms with Gasteiger partial charge in [0.05, 0.1) is 7.11 Å². The van der Waals surface area contributed by atoms with E-state index in [0.29, 0.717) is 29.6 Å². The van der Waals surface area contributed by atoms with Crippen molar-refractivity contribution in [3.63, 3.8) is 0 Å². The molecular weight excluding hydrogens is 392 g/mol. The first-order chi connectivity index (χ1) is 15.0. The second-order valence-electron chi connectivity index (χ2n) is 9.31. The van der Waals surface area contributed by atoms with Gasteiger partial charge >= 0.3 is 5.69 Å². The van der Waals surface area contributed by atoms with E-state index >= 15 is 0 Å². The molecule has 164 valence electrons. The number of nitrogens with zero attached hydrogens (tertiary/aromatic N) is 3. The SMILES string of the molecule is COc1ccc([C@H]2CCC[C@H]3[C@@H]4C[C@@H](CN(C(=O)c5cc(C)[nH]c(=O)n5)C4)CN23)cc1. The first kappa shape index (κ1) is 20.2. The average molecular weight is 423 g/mol. The molecule has 2 bridgehead atoms. The van der Waals surface area contributed by atoms with Crippen LogP contribution in [0.2, 0.25) is 0 Å². The number of piperidine rings is 3. The largest absolute Gasteiger partial charge is 0.497 e. The summed E-state index contributed by atoms with van der Waals surface area (Å²) in [5, 5.41) is 0. The first-order valence-corrected chi connectivity index (χ1v) is 11.3. The Balaban J connectivity index is 1.35. The van der Waals surface area contributed by atoms with Crippen LogP contribution in [0.1, 0.15) is 53.5 Å². The molecular formula is C24H30N4O3. The molecule has 4 atom stereocenters. The Morgan fingerprint density at radius 2 is 1.97 bits per heavy atom. The van der Waals surface area contributed by atoms with Crippen LogP contribution in [0.3, 0.4) is 0 Å². The number of H-pyrrole nitrogens is 1. The van der Waals surface area contributed by atoms with Crippen molar-refractivity contribution in [2.45, 2.75) is 44.7 Å². The summed E-state index contributed by atoms with van der Waals surface area (Å²) in [6.07, 6.45) is 4.76. The van der Waals surface area contributed by atoms with Gasteiger partial charge in [0, 0.05) is 37.4 Å². The number of benzene rings is 1. The van der Waals surface area contributed by atoms with E-state index in [0.717, 1.165) is 25.4 Å². The van der Waals surface area contributed by atoms with Gasteiger partial charge in [-0.05, 0) is 68.2 Å². The Kier molecular flexibility index (Phi) is 5.30. The molecule has 3 fully saturated rings. The topological polar surface area (TPSA) is 78.5 Å². The highest BCUT2D eigenvalue weighted by atomic mass is 16.5. The molecule has 3 aliphatic heterocycles. The fourth-order valence-corrected chi connectivity index (χ4v) is 6.01. The quantitative estimate of drug-likeness (QED) is 0.823. The number of rotatable bonds is 3. The van der Waals surface area contributed by atoms with Gasteiger partial charge in [0.25, 0.3) is 5.91 Å². The number of aromatic amines is 1. The standard InChI is InChI=1S/C24H30N4O3/c1-15-10-20(26-24(30)25-15)23(29)27-12-16-11-18(14-27)22-5-3-4-21(28(22)13-16)17-6-8-19(31-2)9-7-17/h6-10,16,18,21-22H,3-5,11-14H2,1-2H3,(H,25,26,30)/t16-,18+,21+,22-/m0/s1. The lowest BCUT2D eigenvalue weighted by molar-refractivity contribution is -0.0512. The molecule has 1 aromatic carbocycles. The number of aromatic nitrogens is 2. The van der Waals surface area contributed by atoms with Crippen LogP contribution >= 0.6 is 0 Å². The molecule has 4 heterocycles. The molecule has 3 saturated heterocycles. The van der Waals surface area contributed by atoms with E-state index in [9.17, 15) is 9.59 Å². The van der Waals surface area contributed by atoms with Crippen molar-refractivity contribution in [1.29, 1.82) is 0 Å². The number of fused-ring (bicyclic) bond motifs is 4. The Morgan fingerprint density at radius 1 is 1.16 bits per heavy atom. The maximum Gasteiger partial charge on any atom is 0.345 e. The van der Waals surface area contributed by atoms with Crippen LogP contribution in [0.5, 0.6) is 5.75 Å². The van der Waals surface area contributed by atoms with Crippen LogP contribution in [0.4, 0.5) is 0 Å². The average Bonchev–Trinajstić information content (AvgIpc) is 2.77. The normalized spacial score (nSPS) is 28.1. The van der Waals surface area contributed by atoms with Gasteiger partial charge in [-0.15, -0.1) is 0 Å². The maximum atomic E-state index is 13.1. The van der Waals surface area contributed by atoms with Gasteiger partial charge in [0.15, 0.2) is 0 Å². The molecule has 7 heteroatoms. The summed E-state index contributed by atoms with van der Waals surface area (Å²) in [6.45, 7) is 4.29. The van der Waals surface area contributed by atoms with E-state index in [-0.39, 0.29) is 11.6 Å². The molecule has 0 saturated carbocycles. The minimum atomic E-state index is -0.457. The number of aryl methyl sites for hydroxylation is 1. The number of hydrogen-bond donors (Lipinski definition) is 1. The van der Waals surface area contributed by atoms with Crippen LogP contribution in [0.15, 0.2) is 35.1 Å². The highest BCUT2D eigenvalue weighted by Gasteiger charge is 2.45. The van der Waals surface area contributed by atoms with Crippen LogP contribution < -0.4 is 10.4 Å². The zero-order valence-corrected chi connectivity index (χ0v) is 18.2. The number of carbonyl (C=O) groups is 1. The van der Waals surface area contributed by atoms with Gasteiger partial charge in [-0.3, -0.25) is 9.69 Å². The number of likely N-dealkylation sites (tertiary alicyclic amines) is 1. The number of carbonyl (C=O) groups excluding carboxylic acids is 1. The zero-order chi connectivity index (χ0) is 21.5. The third-order valence-corrected chi connectivity index (χ3v) is 7.27. The van der Waals surface area contributed by atoms with Crippen molar-refractivity contribution in [3.8, 4) is 5.75 Å². The highest BCUT2D eigenvalue weighted by molar-refractivity contribution is 5.92. The molecule has 0 spiro atoms. The van der Waals surface area contributed by atoms with Gasteiger partial charge in [-0.1, -0.05) is 12.1 Å². The monoisotopic (exact) mass is 422 g/mol. The van der Waals surface area contributed by atoms with E-state index in [1.54, 1.807) is 20.1 Å². The van der Waals surface area contributed by atoms with Crippen LogP contribution in [0, 0.1) is 18.8 Å². The zero-order valence-electron chi connectivity index (χ0n) is 18.2. The number of nitrogens with one attached hydrogen (secondary N) is 1. The summed E-state index contributed by atoms with van der Waals surface area (Å²) in [5.74, 6) is 1.71. The lowest BCUT2D eigenvalue weighted by Crippen LogP contribution is -2.60. The van der Waals surface area contributed by atoms with Crippen LogP contribution in [-0.4, -0.2) is 58.5 Å². The summed E-state index contributed by atoms with van der Waals surface area (Å²) in [5.41, 5.74) is 1.84. The molecule has 7 nitrogen and oxygen atoms in total. The molecule has 0 radical (unpaired) electrons. The smallest absolute Gasteiger partial charge is 0.345 e. The van der Waals surface area contributed by atoms with Gasteiger partial charge in [0.2, 0.25) is 0 Å². The molecule has 0 aliphatic carbocycles. The Hall–Kier alpha value is -2.67. The fourth-order valence-electron chi connectivity index (χ4n) is 6.01. The van der Waals surface area contributed by atoms with Gasteiger partial charge < -0.3 is 14.6 Å². The predicted molar refractivity (Wildman–Crippen MR) is 117 cm³/mol. The van der Waals surface area contributed by atoms with E-state index in [4.69, 9.17) is 4.74 Å². The molecule has 1 N–H and O–H groups in total. The van der Waals surface area contributed by atoms with Crippen molar-refractivity contribution >= 4 is 5.91 Å². The highest BCUT2D eigenvalue weighted by Crippen LogP contribution is 2.44. The number of amides is 1. The second kappa shape index (κ2) is 8.11. The summed E-state index contributed by atoms with van der Waals surface area (Å²) < 4.78 is 5.33. The number of methoxy groups -OCH3 is 1. The molecule has 2 aromatic rings. The fraction of sp³-hybridized carbons (Fsp3) is 0.542. The van der Waals surface area contributed by atoms with Gasteiger partial charge in [-0.25, -0.2) is 4.79 Å². The lowest BCUT2D eigenvalue weighted by Gasteiger charge is -2.55. The Bertz CT molecular complexity index is 1020. The van der Waals surface area contributed by atoms with Gasteiger partial charge in [-0.2, -0.15) is 4.98 Å². The van der Waals surface area contributed by atoms with Crippen molar-refractivity contribution in [2.75, 3.05) is 26.7 Å². The first-order valence-electron chi connectivity index (χ1n) is 11.3. The summed E-state index contributed by atoms with van der Waals surface area (Å²) in [7, 11) is 1.70. The lowest BCUT2D eigenvalue weighted by atomic mass is 9.74. The Labute approximate surface area is 182 Å². The minimum Gasteiger partial charge on any atom is -0.497 e. The number of ether oxygens (including phenoxy) is 1. The van der Waals surface area contributed by atoms with Crippen molar-refractivity contribution in [2.24, 2.45) is 11.8 Å². The summed E-state index contributed by atoms with van der Waals surface area (Å²) >= 11 is 0. The van der Waals surface area contributed by atoms with Crippen molar-refractivity contribution < 1.29 is 9.53 Å². The molecule has 1 aromatic heterocycles. The minimum absolute atomic E-state index is 0.111. The van der Waals surface area contributed by atoms with E-state index in [1.165, 1.54) is 31.2 Å². The molecule has 3 aliphatic rings. The second-order valence-corrected chi connectivity index (χ2v) is 9.31. The summed E-state index contributed by atoms with van der Waals surface area (Å²) in [4.78, 5) is 36.1. The van der Waals surface area contributed by atoms with Crippen LogP contribution in [0.25, 0.3) is 0 Å². The Morgan fingerprint density at radius 3 is 2.71 bits per heavy atom. The molecule has 5 rings (SSSR count). The molecule has 31 heavy (non-hydrogen) atoms. The predicted octanol–water partition coefficient (Wildman–Crippen LogP) is 2.77.